The maximum Gasteiger partial charge on any atom is 0.288 e. The summed E-state index contributed by atoms with van der Waals surface area (Å²) in [6.45, 7) is 4.99. The number of aromatic nitrogens is 3. The molecule has 4 aromatic rings. The topological polar surface area (TPSA) is 144 Å². The van der Waals surface area contributed by atoms with E-state index in [1.54, 1.807) is 19.1 Å². The molecule has 1 aromatic carbocycles. The average molecular weight is 492 g/mol. The zero-order chi connectivity index (χ0) is 22.9. The molecule has 0 saturated carbocycles. The van der Waals surface area contributed by atoms with Crippen molar-refractivity contribution in [2.45, 2.75) is 25.7 Å². The molecule has 4 rings (SSSR count). The summed E-state index contributed by atoms with van der Waals surface area (Å²) in [4.78, 5) is 21.2. The van der Waals surface area contributed by atoms with Gasteiger partial charge in [0.15, 0.2) is 10.9 Å². The second kappa shape index (κ2) is 8.78. The summed E-state index contributed by atoms with van der Waals surface area (Å²) in [7, 11) is -3.77. The summed E-state index contributed by atoms with van der Waals surface area (Å²) in [6.07, 6.45) is 0. The fourth-order valence-electron chi connectivity index (χ4n) is 2.79. The third kappa shape index (κ3) is 5.02. The number of aryl methyl sites for hydroxylation is 2. The average Bonchev–Trinajstić information content (AvgIpc) is 3.42. The molecular formula is C19H19N6O4S3+. The number of carbonyl (C=O) groups excluding carboxylic acids is 1. The summed E-state index contributed by atoms with van der Waals surface area (Å²) >= 11 is 2.83. The first-order chi connectivity index (χ1) is 15.2. The van der Waals surface area contributed by atoms with Gasteiger partial charge in [-0.3, -0.25) is 14.8 Å². The minimum atomic E-state index is -3.77. The number of thiazole rings is 2. The smallest absolute Gasteiger partial charge is 0.288 e. The molecule has 3 aromatic heterocycles. The van der Waals surface area contributed by atoms with E-state index in [1.165, 1.54) is 47.8 Å². The summed E-state index contributed by atoms with van der Waals surface area (Å²) in [6, 6.07) is 7.95. The Morgan fingerprint density at radius 3 is 2.56 bits per heavy atom. The van der Waals surface area contributed by atoms with Crippen molar-refractivity contribution in [2.24, 2.45) is 0 Å². The first-order valence-corrected chi connectivity index (χ1v) is 12.5. The SMILES string of the molecule is CC(=O)Nc1nc(C)c(-c2csc([NH2+]c3ccc(S(=O)(=O)Nc4cc(C)on4)cc3)n2)s1. The lowest BCUT2D eigenvalue weighted by atomic mass is 10.3. The number of hydrogen-bond acceptors (Lipinski definition) is 9. The van der Waals surface area contributed by atoms with Gasteiger partial charge in [0.25, 0.3) is 15.2 Å². The number of nitrogens with two attached hydrogens (primary N) is 1. The van der Waals surface area contributed by atoms with Crippen LogP contribution in [0.15, 0.2) is 45.1 Å². The molecule has 4 N–H and O–H groups in total. The number of carbonyl (C=O) groups is 1. The molecule has 0 aliphatic carbocycles. The zero-order valence-electron chi connectivity index (χ0n) is 17.2. The Balaban J connectivity index is 1.46. The number of nitrogens with one attached hydrogen (secondary N) is 2. The Morgan fingerprint density at radius 2 is 1.91 bits per heavy atom. The van der Waals surface area contributed by atoms with Gasteiger partial charge in [0.2, 0.25) is 5.91 Å². The molecule has 13 heteroatoms. The van der Waals surface area contributed by atoms with Crippen molar-refractivity contribution in [3.8, 4) is 10.6 Å². The van der Waals surface area contributed by atoms with Gasteiger partial charge in [-0.05, 0) is 26.0 Å². The Labute approximate surface area is 191 Å². The highest BCUT2D eigenvalue weighted by atomic mass is 32.2. The highest BCUT2D eigenvalue weighted by molar-refractivity contribution is 7.92. The maximum absolute atomic E-state index is 12.5. The monoisotopic (exact) mass is 491 g/mol. The molecule has 0 atom stereocenters. The number of rotatable bonds is 7. The summed E-state index contributed by atoms with van der Waals surface area (Å²) in [5.41, 5.74) is 2.38. The van der Waals surface area contributed by atoms with Gasteiger partial charge in [0.05, 0.1) is 21.2 Å². The fraction of sp³-hybridized carbons (Fsp3) is 0.158. The van der Waals surface area contributed by atoms with E-state index in [4.69, 9.17) is 4.52 Å². The molecule has 166 valence electrons. The Bertz CT molecular complexity index is 1370. The number of nitrogens with zero attached hydrogens (tertiary/aromatic N) is 3. The quantitative estimate of drug-likeness (QED) is 0.337. The van der Waals surface area contributed by atoms with Gasteiger partial charge < -0.3 is 9.84 Å². The van der Waals surface area contributed by atoms with Crippen molar-refractivity contribution < 1.29 is 23.1 Å². The molecule has 0 aliphatic heterocycles. The number of benzene rings is 1. The largest absolute Gasteiger partial charge is 0.360 e. The zero-order valence-corrected chi connectivity index (χ0v) is 19.7. The molecule has 0 bridgehead atoms. The first-order valence-electron chi connectivity index (χ1n) is 9.31. The van der Waals surface area contributed by atoms with Crippen LogP contribution in [0.1, 0.15) is 18.4 Å². The molecule has 0 unspecified atom stereocenters. The molecule has 32 heavy (non-hydrogen) atoms. The molecule has 0 radical (unpaired) electrons. The van der Waals surface area contributed by atoms with Crippen LogP contribution in [0.2, 0.25) is 0 Å². The predicted molar refractivity (Wildman–Crippen MR) is 122 cm³/mol. The van der Waals surface area contributed by atoms with Gasteiger partial charge in [-0.15, -0.1) is 0 Å². The lowest BCUT2D eigenvalue weighted by Crippen LogP contribution is -2.70. The maximum atomic E-state index is 12.5. The molecular weight excluding hydrogens is 472 g/mol. The van der Waals surface area contributed by atoms with Crippen molar-refractivity contribution in [2.75, 3.05) is 10.0 Å². The van der Waals surface area contributed by atoms with Crippen molar-refractivity contribution in [1.29, 1.82) is 0 Å². The molecule has 3 heterocycles. The van der Waals surface area contributed by atoms with Gasteiger partial charge in [-0.2, -0.15) is 4.98 Å². The number of quaternary nitrogens is 1. The molecule has 10 nitrogen and oxygen atoms in total. The summed E-state index contributed by atoms with van der Waals surface area (Å²) in [5.74, 6) is 0.471. The second-order valence-electron chi connectivity index (χ2n) is 6.83. The van der Waals surface area contributed by atoms with Crippen LogP contribution in [0.3, 0.4) is 0 Å². The molecule has 0 saturated heterocycles. The van der Waals surface area contributed by atoms with E-state index in [2.05, 4.69) is 25.2 Å². The van der Waals surface area contributed by atoms with E-state index in [-0.39, 0.29) is 16.6 Å². The first kappa shape index (κ1) is 22.1. The Kier molecular flexibility index (Phi) is 6.06. The fourth-order valence-corrected chi connectivity index (χ4v) is 5.58. The highest BCUT2D eigenvalue weighted by Crippen LogP contribution is 2.33. The number of hydrogen-bond donors (Lipinski definition) is 3. The van der Waals surface area contributed by atoms with Crippen LogP contribution < -0.4 is 15.4 Å². The predicted octanol–water partition coefficient (Wildman–Crippen LogP) is 3.16. The van der Waals surface area contributed by atoms with Crippen molar-refractivity contribution in [3.05, 3.63) is 47.2 Å². The van der Waals surface area contributed by atoms with E-state index >= 15 is 0 Å². The van der Waals surface area contributed by atoms with Crippen LogP contribution in [0.25, 0.3) is 10.6 Å². The summed E-state index contributed by atoms with van der Waals surface area (Å²) < 4.78 is 32.3. The van der Waals surface area contributed by atoms with Crippen LogP contribution in [0.4, 0.5) is 21.8 Å². The minimum absolute atomic E-state index is 0.112. The summed E-state index contributed by atoms with van der Waals surface area (Å²) in [5, 5.41) is 11.4. The van der Waals surface area contributed by atoms with Gasteiger partial charge in [0.1, 0.15) is 11.4 Å². The van der Waals surface area contributed by atoms with E-state index < -0.39 is 10.0 Å². The van der Waals surface area contributed by atoms with Crippen molar-refractivity contribution in [1.82, 2.24) is 15.1 Å². The second-order valence-corrected chi connectivity index (χ2v) is 10.4. The number of sulfonamides is 1. The normalized spacial score (nSPS) is 11.5. The number of anilines is 2. The van der Waals surface area contributed by atoms with E-state index in [1.807, 2.05) is 17.6 Å². The Morgan fingerprint density at radius 1 is 1.16 bits per heavy atom. The third-order valence-corrected chi connectivity index (χ3v) is 7.44. The van der Waals surface area contributed by atoms with Crippen molar-refractivity contribution in [3.63, 3.8) is 0 Å². The van der Waals surface area contributed by atoms with Crippen LogP contribution in [0, 0.1) is 13.8 Å². The van der Waals surface area contributed by atoms with Gasteiger partial charge in [0, 0.05) is 30.5 Å². The number of amides is 1. The van der Waals surface area contributed by atoms with Crippen LogP contribution >= 0.6 is 22.7 Å². The van der Waals surface area contributed by atoms with E-state index in [0.29, 0.717) is 10.9 Å². The molecule has 0 fully saturated rings. The van der Waals surface area contributed by atoms with Gasteiger partial charge in [-0.1, -0.05) is 27.8 Å². The lowest BCUT2D eigenvalue weighted by Gasteiger charge is -2.05. The van der Waals surface area contributed by atoms with Gasteiger partial charge in [-0.25, -0.2) is 13.4 Å². The van der Waals surface area contributed by atoms with Crippen LogP contribution in [0.5, 0.6) is 0 Å². The van der Waals surface area contributed by atoms with Crippen molar-refractivity contribution >= 4 is 60.4 Å². The standard InChI is InChI=1S/C19H18N6O4S3/c1-10-8-16(24-29-10)25-32(27,28)14-6-4-13(5-7-14)22-18-23-15(9-30-18)17-11(2)20-19(31-17)21-12(3)26/h4-9H,1-3H3,(H,22,23)(H,24,25)(H,20,21,26)/p+1. The molecule has 0 aliphatic rings. The van der Waals surface area contributed by atoms with E-state index in [0.717, 1.165) is 27.1 Å². The van der Waals surface area contributed by atoms with E-state index in [9.17, 15) is 13.2 Å². The van der Waals surface area contributed by atoms with Crippen LogP contribution in [-0.2, 0) is 14.8 Å². The highest BCUT2D eigenvalue weighted by Gasteiger charge is 2.18. The van der Waals surface area contributed by atoms with Crippen LogP contribution in [-0.4, -0.2) is 29.4 Å². The molecule has 1 amide bonds. The van der Waals surface area contributed by atoms with Gasteiger partial charge >= 0.3 is 0 Å². The third-order valence-electron chi connectivity index (χ3n) is 4.18. The Hall–Kier alpha value is -3.13. The lowest BCUT2D eigenvalue weighted by molar-refractivity contribution is -0.478. The minimum Gasteiger partial charge on any atom is -0.360 e. The molecule has 0 spiro atoms.